The van der Waals surface area contributed by atoms with Crippen molar-refractivity contribution in [1.82, 2.24) is 4.90 Å². The maximum absolute atomic E-state index is 12.6. The van der Waals surface area contributed by atoms with Gasteiger partial charge in [-0.25, -0.2) is 0 Å². The van der Waals surface area contributed by atoms with Crippen LogP contribution in [0.5, 0.6) is 0 Å². The zero-order chi connectivity index (χ0) is 13.0. The first-order chi connectivity index (χ1) is 8.77. The maximum atomic E-state index is 12.6. The summed E-state index contributed by atoms with van der Waals surface area (Å²) in [7, 11) is 0. The fourth-order valence-electron chi connectivity index (χ4n) is 2.69. The summed E-state index contributed by atoms with van der Waals surface area (Å²) in [5.41, 5.74) is 1.23. The molecule has 2 rings (SSSR count). The number of aliphatic hydroxyl groups is 1. The second kappa shape index (κ2) is 6.34. The Bertz CT molecular complexity index is 396. The Morgan fingerprint density at radius 1 is 1.56 bits per heavy atom. The van der Waals surface area contributed by atoms with Crippen molar-refractivity contribution in [3.05, 3.63) is 21.9 Å². The Kier molecular flexibility index (Phi) is 4.78. The van der Waals surface area contributed by atoms with Crippen LogP contribution in [0, 0.1) is 0 Å². The minimum atomic E-state index is 0.0260. The van der Waals surface area contributed by atoms with Crippen molar-refractivity contribution in [1.29, 1.82) is 0 Å². The summed E-state index contributed by atoms with van der Waals surface area (Å²) in [6.07, 6.45) is 4.11. The van der Waals surface area contributed by atoms with Gasteiger partial charge in [0, 0.05) is 18.0 Å². The number of amides is 1. The smallest absolute Gasteiger partial charge is 0.230 e. The van der Waals surface area contributed by atoms with E-state index < -0.39 is 0 Å². The van der Waals surface area contributed by atoms with Crippen LogP contribution in [-0.2, 0) is 11.2 Å². The molecule has 100 valence electrons. The quantitative estimate of drug-likeness (QED) is 0.890. The molecule has 0 spiro atoms. The molecule has 1 heterocycles. The molecule has 0 bridgehead atoms. The number of hydrogen-bond donors (Lipinski definition) is 1. The Balaban J connectivity index is 2.14. The fourth-order valence-corrected chi connectivity index (χ4v) is 3.67. The number of hydrogen-bond acceptors (Lipinski definition) is 3. The van der Waals surface area contributed by atoms with Crippen molar-refractivity contribution in [2.75, 3.05) is 19.7 Å². The van der Waals surface area contributed by atoms with Gasteiger partial charge in [0.05, 0.1) is 12.5 Å². The number of fused-ring (bicyclic) bond motifs is 1. The van der Waals surface area contributed by atoms with E-state index in [0.717, 1.165) is 32.2 Å². The van der Waals surface area contributed by atoms with E-state index in [-0.39, 0.29) is 18.4 Å². The van der Waals surface area contributed by atoms with Crippen LogP contribution in [0.2, 0.25) is 0 Å². The average molecular weight is 267 g/mol. The van der Waals surface area contributed by atoms with Crippen LogP contribution in [-0.4, -0.2) is 35.6 Å². The van der Waals surface area contributed by atoms with Crippen LogP contribution in [0.15, 0.2) is 11.4 Å². The zero-order valence-corrected chi connectivity index (χ0v) is 11.7. The van der Waals surface area contributed by atoms with E-state index >= 15 is 0 Å². The lowest BCUT2D eigenvalue weighted by Crippen LogP contribution is -2.38. The van der Waals surface area contributed by atoms with Crippen LogP contribution < -0.4 is 0 Å². The molecule has 4 heteroatoms. The maximum Gasteiger partial charge on any atom is 0.230 e. The van der Waals surface area contributed by atoms with Crippen molar-refractivity contribution in [2.45, 2.75) is 38.5 Å². The lowest BCUT2D eigenvalue weighted by molar-refractivity contribution is -0.133. The van der Waals surface area contributed by atoms with Gasteiger partial charge in [0.25, 0.3) is 0 Å². The highest BCUT2D eigenvalue weighted by atomic mass is 32.1. The number of carbonyl (C=O) groups excluding carboxylic acids is 1. The van der Waals surface area contributed by atoms with Gasteiger partial charge >= 0.3 is 0 Å². The van der Waals surface area contributed by atoms with Crippen molar-refractivity contribution in [3.63, 3.8) is 0 Å². The van der Waals surface area contributed by atoms with Crippen molar-refractivity contribution >= 4 is 17.2 Å². The first-order valence-corrected chi connectivity index (χ1v) is 7.61. The molecule has 1 aliphatic carbocycles. The van der Waals surface area contributed by atoms with Crippen LogP contribution in [0.1, 0.15) is 42.5 Å². The largest absolute Gasteiger partial charge is 0.395 e. The topological polar surface area (TPSA) is 40.5 Å². The number of aliphatic hydroxyl groups excluding tert-OH is 1. The summed E-state index contributed by atoms with van der Waals surface area (Å²) in [4.78, 5) is 15.8. The summed E-state index contributed by atoms with van der Waals surface area (Å²) in [5, 5.41) is 11.2. The standard InChI is InChI=1S/C14H21NO2S/c1-2-7-15(8-9-16)14(17)12-4-3-5-13-11(12)6-10-18-13/h6,10,12,16H,2-5,7-9H2,1H3. The lowest BCUT2D eigenvalue weighted by Gasteiger charge is -2.29. The third-order valence-corrected chi connectivity index (χ3v) is 4.52. The van der Waals surface area contributed by atoms with Crippen molar-refractivity contribution in [3.8, 4) is 0 Å². The fraction of sp³-hybridized carbons (Fsp3) is 0.643. The van der Waals surface area contributed by atoms with Gasteiger partial charge in [-0.2, -0.15) is 0 Å². The number of rotatable bonds is 5. The Hall–Kier alpha value is -0.870. The van der Waals surface area contributed by atoms with E-state index in [2.05, 4.69) is 18.4 Å². The summed E-state index contributed by atoms with van der Waals surface area (Å²) >= 11 is 1.76. The molecule has 1 aromatic rings. The Morgan fingerprint density at radius 2 is 2.39 bits per heavy atom. The number of aryl methyl sites for hydroxylation is 1. The highest BCUT2D eigenvalue weighted by Gasteiger charge is 2.30. The van der Waals surface area contributed by atoms with Gasteiger partial charge in [-0.15, -0.1) is 11.3 Å². The van der Waals surface area contributed by atoms with Gasteiger partial charge in [0.1, 0.15) is 0 Å². The van der Waals surface area contributed by atoms with E-state index in [9.17, 15) is 4.79 Å². The van der Waals surface area contributed by atoms with Crippen molar-refractivity contribution < 1.29 is 9.90 Å². The summed E-state index contributed by atoms with van der Waals surface area (Å²) in [6, 6.07) is 2.10. The molecule has 0 aromatic carbocycles. The van der Waals surface area contributed by atoms with Gasteiger partial charge in [-0.3, -0.25) is 4.79 Å². The molecule has 1 amide bonds. The predicted molar refractivity (Wildman–Crippen MR) is 74.0 cm³/mol. The molecular formula is C14H21NO2S. The minimum absolute atomic E-state index is 0.0260. The zero-order valence-electron chi connectivity index (χ0n) is 10.9. The molecule has 0 radical (unpaired) electrons. The van der Waals surface area contributed by atoms with E-state index in [0.29, 0.717) is 6.54 Å². The van der Waals surface area contributed by atoms with Crippen LogP contribution in [0.4, 0.5) is 0 Å². The molecule has 1 N–H and O–H groups in total. The van der Waals surface area contributed by atoms with Gasteiger partial charge in [-0.05, 0) is 42.7 Å². The van der Waals surface area contributed by atoms with E-state index in [1.54, 1.807) is 11.3 Å². The highest BCUT2D eigenvalue weighted by Crippen LogP contribution is 2.36. The second-order valence-corrected chi connectivity index (χ2v) is 5.79. The predicted octanol–water partition coefficient (Wildman–Crippen LogP) is 2.40. The molecule has 1 unspecified atom stereocenters. The van der Waals surface area contributed by atoms with Gasteiger partial charge < -0.3 is 10.0 Å². The van der Waals surface area contributed by atoms with Gasteiger partial charge in [-0.1, -0.05) is 6.92 Å². The first-order valence-electron chi connectivity index (χ1n) is 6.73. The van der Waals surface area contributed by atoms with Gasteiger partial charge in [0.15, 0.2) is 0 Å². The van der Waals surface area contributed by atoms with Crippen LogP contribution in [0.3, 0.4) is 0 Å². The number of nitrogens with zero attached hydrogens (tertiary/aromatic N) is 1. The number of carbonyl (C=O) groups is 1. The van der Waals surface area contributed by atoms with Crippen molar-refractivity contribution in [2.24, 2.45) is 0 Å². The van der Waals surface area contributed by atoms with Crippen LogP contribution in [0.25, 0.3) is 0 Å². The molecular weight excluding hydrogens is 246 g/mol. The minimum Gasteiger partial charge on any atom is -0.395 e. The van der Waals surface area contributed by atoms with E-state index in [4.69, 9.17) is 5.11 Å². The summed E-state index contributed by atoms with van der Waals surface area (Å²) < 4.78 is 0. The molecule has 18 heavy (non-hydrogen) atoms. The summed E-state index contributed by atoms with van der Waals surface area (Å²) in [6.45, 7) is 3.32. The molecule has 3 nitrogen and oxygen atoms in total. The molecule has 0 saturated carbocycles. The second-order valence-electron chi connectivity index (χ2n) is 4.79. The molecule has 0 saturated heterocycles. The molecule has 0 aliphatic heterocycles. The molecule has 1 aromatic heterocycles. The van der Waals surface area contributed by atoms with E-state index in [1.807, 2.05) is 4.90 Å². The van der Waals surface area contributed by atoms with E-state index in [1.165, 1.54) is 10.4 Å². The lowest BCUT2D eigenvalue weighted by atomic mass is 9.86. The van der Waals surface area contributed by atoms with Gasteiger partial charge in [0.2, 0.25) is 5.91 Å². The SMILES string of the molecule is CCCN(CCO)C(=O)C1CCCc2sccc21. The molecule has 0 fully saturated rings. The average Bonchev–Trinajstić information content (AvgIpc) is 2.85. The Labute approximate surface area is 112 Å². The first kappa shape index (κ1) is 13.6. The molecule has 1 atom stereocenters. The highest BCUT2D eigenvalue weighted by molar-refractivity contribution is 7.10. The number of thiophene rings is 1. The summed E-state index contributed by atoms with van der Waals surface area (Å²) in [5.74, 6) is 0.225. The third kappa shape index (κ3) is 2.75. The molecule has 1 aliphatic rings. The van der Waals surface area contributed by atoms with Crippen LogP contribution >= 0.6 is 11.3 Å². The monoisotopic (exact) mass is 267 g/mol. The third-order valence-electron chi connectivity index (χ3n) is 3.53. The Morgan fingerprint density at radius 3 is 3.11 bits per heavy atom. The normalized spacial score (nSPS) is 18.4.